The van der Waals surface area contributed by atoms with Crippen LogP contribution in [0, 0.1) is 0 Å². The maximum Gasteiger partial charge on any atom is 0.317 e. The van der Waals surface area contributed by atoms with Gasteiger partial charge in [0.15, 0.2) is 0 Å². The number of hydrogen-bond acceptors (Lipinski definition) is 5. The molecule has 7 heteroatoms. The van der Waals surface area contributed by atoms with E-state index in [0.29, 0.717) is 6.42 Å². The zero-order valence-corrected chi connectivity index (χ0v) is 11.1. The van der Waals surface area contributed by atoms with Gasteiger partial charge in [-0.05, 0) is 37.1 Å². The average Bonchev–Trinajstić information content (AvgIpc) is 2.55. The van der Waals surface area contributed by atoms with Crippen molar-refractivity contribution in [3.8, 4) is 5.75 Å². The summed E-state index contributed by atoms with van der Waals surface area (Å²) >= 11 is 0. The molecule has 0 unspecified atom stereocenters. The number of benzene rings is 1. The fraction of sp³-hybridized carbons (Fsp3) is 0.417. The minimum absolute atomic E-state index is 0.0372. The molecule has 1 aliphatic rings. The molecule has 1 aromatic rings. The molecule has 0 aromatic heterocycles. The predicted octanol–water partition coefficient (Wildman–Crippen LogP) is 1.42. The largest absolute Gasteiger partial charge is 0.508 e. The van der Waals surface area contributed by atoms with E-state index in [0.717, 1.165) is 24.3 Å². The van der Waals surface area contributed by atoms with E-state index in [9.17, 15) is 13.2 Å². The molecular weight excluding hydrogens is 270 g/mol. The Morgan fingerprint density at radius 2 is 1.79 bits per heavy atom. The fourth-order valence-corrected chi connectivity index (χ4v) is 2.76. The normalized spacial score (nSPS) is 17.3. The van der Waals surface area contributed by atoms with Crippen molar-refractivity contribution in [1.82, 2.24) is 5.06 Å². The summed E-state index contributed by atoms with van der Waals surface area (Å²) in [5.74, 6) is -0.357. The van der Waals surface area contributed by atoms with Gasteiger partial charge in [0.2, 0.25) is 5.91 Å². The van der Waals surface area contributed by atoms with Gasteiger partial charge in [0.1, 0.15) is 5.75 Å². The van der Waals surface area contributed by atoms with Crippen LogP contribution in [0.5, 0.6) is 5.75 Å². The Kier molecular flexibility index (Phi) is 4.06. The van der Waals surface area contributed by atoms with Gasteiger partial charge in [0.25, 0.3) is 0 Å². The Bertz CT molecular complexity index is 552. The molecule has 19 heavy (non-hydrogen) atoms. The van der Waals surface area contributed by atoms with E-state index >= 15 is 0 Å². The molecule has 0 radical (unpaired) electrons. The molecule has 0 bridgehead atoms. The van der Waals surface area contributed by atoms with Crippen molar-refractivity contribution < 1.29 is 22.6 Å². The predicted molar refractivity (Wildman–Crippen MR) is 66.6 cm³/mol. The van der Waals surface area contributed by atoms with Crippen molar-refractivity contribution in [1.29, 1.82) is 0 Å². The van der Waals surface area contributed by atoms with Gasteiger partial charge in [-0.3, -0.25) is 4.79 Å². The molecule has 1 amide bonds. The van der Waals surface area contributed by atoms with E-state index in [4.69, 9.17) is 9.39 Å². The van der Waals surface area contributed by atoms with Crippen molar-refractivity contribution >= 4 is 16.0 Å². The number of carbonyl (C=O) groups excluding carboxylic acids is 1. The third kappa shape index (κ3) is 3.45. The maximum absolute atomic E-state index is 12.0. The highest BCUT2D eigenvalue weighted by Crippen LogP contribution is 2.20. The lowest BCUT2D eigenvalue weighted by Crippen LogP contribution is -2.33. The topological polar surface area (TPSA) is 83.9 Å². The Morgan fingerprint density at radius 3 is 2.47 bits per heavy atom. The first-order valence-electron chi connectivity index (χ1n) is 6.03. The summed E-state index contributed by atoms with van der Waals surface area (Å²) in [7, 11) is -4.03. The molecule has 2 rings (SSSR count). The second-order valence-electron chi connectivity index (χ2n) is 4.33. The van der Waals surface area contributed by atoms with Crippen molar-refractivity contribution in [2.75, 3.05) is 6.54 Å². The van der Waals surface area contributed by atoms with Gasteiger partial charge in [-0.15, -0.1) is 4.28 Å². The van der Waals surface area contributed by atoms with E-state index in [1.165, 1.54) is 24.3 Å². The summed E-state index contributed by atoms with van der Waals surface area (Å²) in [6.45, 7) is 0.274. The number of carbonyl (C=O) groups is 1. The zero-order chi connectivity index (χ0) is 13.9. The molecule has 0 spiro atoms. The van der Waals surface area contributed by atoms with Crippen LogP contribution < -0.4 is 0 Å². The van der Waals surface area contributed by atoms with Crippen molar-refractivity contribution in [2.24, 2.45) is 0 Å². The summed E-state index contributed by atoms with van der Waals surface area (Å²) in [6.07, 6.45) is 2.64. The summed E-state index contributed by atoms with van der Waals surface area (Å²) < 4.78 is 28.8. The van der Waals surface area contributed by atoms with Crippen LogP contribution in [0.15, 0.2) is 29.2 Å². The quantitative estimate of drug-likeness (QED) is 0.908. The zero-order valence-electron chi connectivity index (χ0n) is 10.3. The van der Waals surface area contributed by atoms with Gasteiger partial charge >= 0.3 is 10.1 Å². The highest BCUT2D eigenvalue weighted by atomic mass is 32.2. The lowest BCUT2D eigenvalue weighted by molar-refractivity contribution is -0.155. The molecule has 0 aliphatic carbocycles. The number of nitrogens with zero attached hydrogens (tertiary/aromatic N) is 1. The Balaban J connectivity index is 2.16. The first-order chi connectivity index (χ1) is 8.99. The van der Waals surface area contributed by atoms with Crippen LogP contribution in [0.2, 0.25) is 0 Å². The van der Waals surface area contributed by atoms with Crippen LogP contribution in [0.1, 0.15) is 25.7 Å². The third-order valence-corrected chi connectivity index (χ3v) is 4.07. The molecule has 1 N–H and O–H groups in total. The molecular formula is C12H15NO5S. The lowest BCUT2D eigenvalue weighted by Gasteiger charge is -2.18. The molecule has 104 valence electrons. The second-order valence-corrected chi connectivity index (χ2v) is 5.86. The molecule has 1 aromatic carbocycles. The molecule has 1 aliphatic heterocycles. The Hall–Kier alpha value is -1.60. The van der Waals surface area contributed by atoms with Crippen LogP contribution in [0.4, 0.5) is 0 Å². The average molecular weight is 285 g/mol. The molecule has 0 saturated carbocycles. The number of hydrogen-bond donors (Lipinski definition) is 1. The first kappa shape index (κ1) is 13.8. The van der Waals surface area contributed by atoms with E-state index in [1.54, 1.807) is 0 Å². The van der Waals surface area contributed by atoms with Crippen LogP contribution in [-0.4, -0.2) is 31.0 Å². The van der Waals surface area contributed by atoms with E-state index < -0.39 is 10.1 Å². The minimum Gasteiger partial charge on any atom is -0.508 e. The molecule has 0 atom stereocenters. The van der Waals surface area contributed by atoms with Crippen LogP contribution in [-0.2, 0) is 19.2 Å². The number of phenols is 1. The monoisotopic (exact) mass is 285 g/mol. The minimum atomic E-state index is -4.03. The molecule has 1 fully saturated rings. The van der Waals surface area contributed by atoms with E-state index in [2.05, 4.69) is 0 Å². The Morgan fingerprint density at radius 1 is 1.11 bits per heavy atom. The molecule has 1 saturated heterocycles. The SMILES string of the molecule is O=C1CCCCCN1OS(=O)(=O)c1ccc(O)cc1. The second kappa shape index (κ2) is 5.58. The van der Waals surface area contributed by atoms with Gasteiger partial charge in [-0.1, -0.05) is 6.42 Å². The van der Waals surface area contributed by atoms with Crippen molar-refractivity contribution in [2.45, 2.75) is 30.6 Å². The van der Waals surface area contributed by atoms with Crippen LogP contribution in [0.3, 0.4) is 0 Å². The van der Waals surface area contributed by atoms with Gasteiger partial charge in [0.05, 0.1) is 11.4 Å². The third-order valence-electron chi connectivity index (χ3n) is 2.84. The number of rotatable bonds is 3. The molecule has 6 nitrogen and oxygen atoms in total. The summed E-state index contributed by atoms with van der Waals surface area (Å²) in [6, 6.07) is 4.96. The Labute approximate surface area is 111 Å². The van der Waals surface area contributed by atoms with Crippen molar-refractivity contribution in [3.05, 3.63) is 24.3 Å². The fourth-order valence-electron chi connectivity index (χ4n) is 1.81. The van der Waals surface area contributed by atoms with Gasteiger partial charge < -0.3 is 5.11 Å². The summed E-state index contributed by atoms with van der Waals surface area (Å²) in [5.41, 5.74) is 0. The highest BCUT2D eigenvalue weighted by molar-refractivity contribution is 7.86. The highest BCUT2D eigenvalue weighted by Gasteiger charge is 2.25. The van der Waals surface area contributed by atoms with Gasteiger partial charge in [-0.25, -0.2) is 5.06 Å². The number of hydroxylamine groups is 2. The number of aromatic hydroxyl groups is 1. The standard InChI is InChI=1S/C12H15NO5S/c14-10-5-7-11(8-6-10)19(16,17)18-13-9-3-1-2-4-12(13)15/h5-8,14H,1-4,9H2. The first-order valence-corrected chi connectivity index (χ1v) is 7.44. The van der Waals surface area contributed by atoms with Gasteiger partial charge in [0, 0.05) is 6.42 Å². The molecule has 1 heterocycles. The van der Waals surface area contributed by atoms with E-state index in [-0.39, 0.29) is 23.1 Å². The van der Waals surface area contributed by atoms with Crippen LogP contribution >= 0.6 is 0 Å². The lowest BCUT2D eigenvalue weighted by atomic mass is 10.2. The van der Waals surface area contributed by atoms with Crippen molar-refractivity contribution in [3.63, 3.8) is 0 Å². The maximum atomic E-state index is 12.0. The summed E-state index contributed by atoms with van der Waals surface area (Å²) in [4.78, 5) is 11.6. The van der Waals surface area contributed by atoms with Crippen LogP contribution in [0.25, 0.3) is 0 Å². The smallest absolute Gasteiger partial charge is 0.317 e. The van der Waals surface area contributed by atoms with Gasteiger partial charge in [-0.2, -0.15) is 8.42 Å². The number of amides is 1. The number of phenolic OH excluding ortho intramolecular Hbond substituents is 1. The van der Waals surface area contributed by atoms with E-state index in [1.807, 2.05) is 0 Å². The summed E-state index contributed by atoms with van der Waals surface area (Å²) in [5, 5.41) is 10.0.